The molecule has 1 amide bonds. The minimum atomic E-state index is -0.359. The molecule has 92 valence electrons. The van der Waals surface area contributed by atoms with Gasteiger partial charge in [0.05, 0.1) is 7.11 Å². The van der Waals surface area contributed by atoms with Crippen LogP contribution in [0.4, 0.5) is 0 Å². The summed E-state index contributed by atoms with van der Waals surface area (Å²) in [5.41, 5.74) is 0. The highest BCUT2D eigenvalue weighted by Crippen LogP contribution is 2.21. The minimum Gasteiger partial charge on any atom is -0.467 e. The lowest BCUT2D eigenvalue weighted by molar-refractivity contribution is -0.151. The molecule has 0 aromatic rings. The Hall–Kier alpha value is -0.710. The van der Waals surface area contributed by atoms with Crippen molar-refractivity contribution in [2.45, 2.75) is 25.8 Å². The minimum absolute atomic E-state index is 0.0275. The van der Waals surface area contributed by atoms with E-state index < -0.39 is 0 Å². The molecule has 1 saturated heterocycles. The highest BCUT2D eigenvalue weighted by molar-refractivity contribution is 7.98. The maximum absolute atomic E-state index is 12.1. The Kier molecular flexibility index (Phi) is 5.12. The van der Waals surface area contributed by atoms with Crippen molar-refractivity contribution in [3.05, 3.63) is 0 Å². The number of amides is 1. The maximum Gasteiger partial charge on any atom is 0.328 e. The van der Waals surface area contributed by atoms with Gasteiger partial charge in [0.1, 0.15) is 6.04 Å². The first-order valence-corrected chi connectivity index (χ1v) is 6.88. The van der Waals surface area contributed by atoms with Crippen LogP contribution < -0.4 is 0 Å². The summed E-state index contributed by atoms with van der Waals surface area (Å²) >= 11 is 1.65. The molecule has 2 unspecified atom stereocenters. The second-order valence-corrected chi connectivity index (χ2v) is 4.98. The molecular formula is C11H19NO3S. The predicted molar refractivity (Wildman–Crippen MR) is 64.3 cm³/mol. The van der Waals surface area contributed by atoms with Gasteiger partial charge in [-0.2, -0.15) is 11.8 Å². The fourth-order valence-corrected chi connectivity index (χ4v) is 2.66. The van der Waals surface area contributed by atoms with Gasteiger partial charge in [0.25, 0.3) is 0 Å². The third-order valence-electron chi connectivity index (χ3n) is 2.85. The lowest BCUT2D eigenvalue weighted by atomic mass is 10.1. The molecule has 1 aliphatic rings. The number of ether oxygens (including phenoxy) is 1. The van der Waals surface area contributed by atoms with Crippen molar-refractivity contribution in [2.75, 3.05) is 25.7 Å². The first-order valence-electron chi connectivity index (χ1n) is 5.49. The van der Waals surface area contributed by atoms with Crippen LogP contribution in [-0.4, -0.2) is 48.5 Å². The van der Waals surface area contributed by atoms with Gasteiger partial charge in [0.15, 0.2) is 0 Å². The number of carbonyl (C=O) groups excluding carboxylic acids is 2. The van der Waals surface area contributed by atoms with Gasteiger partial charge in [-0.15, -0.1) is 0 Å². The number of carbonyl (C=O) groups is 2. The summed E-state index contributed by atoms with van der Waals surface area (Å²) in [6, 6.07) is -0.359. The number of thioether (sulfide) groups is 1. The van der Waals surface area contributed by atoms with Crippen LogP contribution in [0.5, 0.6) is 0 Å². The van der Waals surface area contributed by atoms with Gasteiger partial charge in [0, 0.05) is 18.2 Å². The molecule has 0 aromatic heterocycles. The van der Waals surface area contributed by atoms with Crippen molar-refractivity contribution in [1.29, 1.82) is 0 Å². The molecule has 0 spiro atoms. The van der Waals surface area contributed by atoms with E-state index in [0.717, 1.165) is 18.6 Å². The van der Waals surface area contributed by atoms with Crippen LogP contribution in [-0.2, 0) is 14.3 Å². The Morgan fingerprint density at radius 1 is 1.56 bits per heavy atom. The Labute approximate surface area is 101 Å². The SMILES string of the molecule is COC(=O)C1CCCN1C(=O)C(C)CSC. The van der Waals surface area contributed by atoms with Crippen LogP contribution in [0.25, 0.3) is 0 Å². The number of hydrogen-bond acceptors (Lipinski definition) is 4. The van der Waals surface area contributed by atoms with E-state index >= 15 is 0 Å². The monoisotopic (exact) mass is 245 g/mol. The Morgan fingerprint density at radius 3 is 2.81 bits per heavy atom. The Morgan fingerprint density at radius 2 is 2.25 bits per heavy atom. The molecular weight excluding hydrogens is 226 g/mol. The molecule has 0 radical (unpaired) electrons. The zero-order valence-corrected chi connectivity index (χ0v) is 10.9. The zero-order valence-electron chi connectivity index (χ0n) is 10.1. The summed E-state index contributed by atoms with van der Waals surface area (Å²) in [5.74, 6) is 0.549. The van der Waals surface area contributed by atoms with E-state index in [2.05, 4.69) is 0 Å². The van der Waals surface area contributed by atoms with E-state index in [1.165, 1.54) is 7.11 Å². The number of hydrogen-bond donors (Lipinski definition) is 0. The van der Waals surface area contributed by atoms with Crippen molar-refractivity contribution in [3.63, 3.8) is 0 Å². The summed E-state index contributed by atoms with van der Waals surface area (Å²) in [7, 11) is 1.37. The highest BCUT2D eigenvalue weighted by atomic mass is 32.2. The third-order valence-corrected chi connectivity index (χ3v) is 3.68. The van der Waals surface area contributed by atoms with Crippen LogP contribution >= 0.6 is 11.8 Å². The van der Waals surface area contributed by atoms with Crippen LogP contribution in [0.2, 0.25) is 0 Å². The van der Waals surface area contributed by atoms with Crippen molar-refractivity contribution < 1.29 is 14.3 Å². The second kappa shape index (κ2) is 6.13. The van der Waals surface area contributed by atoms with Crippen LogP contribution in [0.1, 0.15) is 19.8 Å². The van der Waals surface area contributed by atoms with Gasteiger partial charge in [0.2, 0.25) is 5.91 Å². The average Bonchev–Trinajstić information content (AvgIpc) is 2.76. The highest BCUT2D eigenvalue weighted by Gasteiger charge is 2.36. The van der Waals surface area contributed by atoms with E-state index in [0.29, 0.717) is 6.54 Å². The molecule has 1 aliphatic heterocycles. The molecule has 1 fully saturated rings. The van der Waals surface area contributed by atoms with Gasteiger partial charge in [-0.1, -0.05) is 6.92 Å². The van der Waals surface area contributed by atoms with Crippen LogP contribution in [0.3, 0.4) is 0 Å². The molecule has 0 N–H and O–H groups in total. The molecule has 1 heterocycles. The number of methoxy groups -OCH3 is 1. The average molecular weight is 245 g/mol. The van der Waals surface area contributed by atoms with E-state index in [-0.39, 0.29) is 23.8 Å². The summed E-state index contributed by atoms with van der Waals surface area (Å²) in [5, 5.41) is 0. The Bertz CT molecular complexity index is 270. The van der Waals surface area contributed by atoms with E-state index in [4.69, 9.17) is 4.74 Å². The van der Waals surface area contributed by atoms with Gasteiger partial charge >= 0.3 is 5.97 Å². The van der Waals surface area contributed by atoms with Crippen molar-refractivity contribution >= 4 is 23.6 Å². The van der Waals surface area contributed by atoms with E-state index in [1.807, 2.05) is 13.2 Å². The van der Waals surface area contributed by atoms with E-state index in [1.54, 1.807) is 16.7 Å². The molecule has 1 rings (SSSR count). The standard InChI is InChI=1S/C11H19NO3S/c1-8(7-16-3)10(13)12-6-4-5-9(12)11(14)15-2/h8-9H,4-7H2,1-3H3. The normalized spacial score (nSPS) is 21.9. The maximum atomic E-state index is 12.1. The number of likely N-dealkylation sites (tertiary alicyclic amines) is 1. The fraction of sp³-hybridized carbons (Fsp3) is 0.818. The predicted octanol–water partition coefficient (Wildman–Crippen LogP) is 1.15. The first-order chi connectivity index (χ1) is 7.61. The molecule has 5 heteroatoms. The van der Waals surface area contributed by atoms with Crippen molar-refractivity contribution in [1.82, 2.24) is 4.90 Å². The van der Waals surface area contributed by atoms with E-state index in [9.17, 15) is 9.59 Å². The molecule has 0 bridgehead atoms. The summed E-state index contributed by atoms with van der Waals surface area (Å²) in [4.78, 5) is 25.2. The smallest absolute Gasteiger partial charge is 0.328 e. The largest absolute Gasteiger partial charge is 0.467 e. The van der Waals surface area contributed by atoms with Crippen molar-refractivity contribution in [3.8, 4) is 0 Å². The molecule has 0 saturated carbocycles. The summed E-state index contributed by atoms with van der Waals surface area (Å²) < 4.78 is 4.72. The fourth-order valence-electron chi connectivity index (χ4n) is 2.02. The summed E-state index contributed by atoms with van der Waals surface area (Å²) in [6.07, 6.45) is 3.59. The second-order valence-electron chi connectivity index (χ2n) is 4.07. The molecule has 0 aromatic carbocycles. The van der Waals surface area contributed by atoms with Gasteiger partial charge in [-0.05, 0) is 19.1 Å². The molecule has 4 nitrogen and oxygen atoms in total. The number of nitrogens with zero attached hydrogens (tertiary/aromatic N) is 1. The third kappa shape index (κ3) is 2.90. The first kappa shape index (κ1) is 13.4. The van der Waals surface area contributed by atoms with Crippen LogP contribution in [0.15, 0.2) is 0 Å². The van der Waals surface area contributed by atoms with Crippen LogP contribution in [0, 0.1) is 5.92 Å². The Balaban J connectivity index is 2.64. The quantitative estimate of drug-likeness (QED) is 0.697. The number of rotatable bonds is 4. The number of esters is 1. The molecule has 0 aliphatic carbocycles. The summed E-state index contributed by atoms with van der Waals surface area (Å²) in [6.45, 7) is 2.59. The van der Waals surface area contributed by atoms with Gasteiger partial charge in [-0.3, -0.25) is 4.79 Å². The van der Waals surface area contributed by atoms with Crippen molar-refractivity contribution in [2.24, 2.45) is 5.92 Å². The van der Waals surface area contributed by atoms with Gasteiger partial charge in [-0.25, -0.2) is 4.79 Å². The van der Waals surface area contributed by atoms with Gasteiger partial charge < -0.3 is 9.64 Å². The zero-order chi connectivity index (χ0) is 12.1. The molecule has 16 heavy (non-hydrogen) atoms. The lowest BCUT2D eigenvalue weighted by Crippen LogP contribution is -2.43. The molecule has 2 atom stereocenters. The topological polar surface area (TPSA) is 46.6 Å². The lowest BCUT2D eigenvalue weighted by Gasteiger charge is -2.25.